The molecule has 1 saturated heterocycles. The molecule has 2 heterocycles. The Morgan fingerprint density at radius 2 is 1.48 bits per heavy atom. The highest BCUT2D eigenvalue weighted by atomic mass is 35.5. The first-order valence-corrected chi connectivity index (χ1v) is 14.2. The van der Waals surface area contributed by atoms with Gasteiger partial charge in [0.05, 0.1) is 20.1 Å². The van der Waals surface area contributed by atoms with Crippen molar-refractivity contribution < 1.29 is 18.8 Å². The lowest BCUT2D eigenvalue weighted by Gasteiger charge is -2.31. The Balaban J connectivity index is 1.20. The first-order chi connectivity index (χ1) is 19.5. The highest BCUT2D eigenvalue weighted by molar-refractivity contribution is 6.30. The normalized spacial score (nSPS) is 20.9. The number of hydrogen-bond donors (Lipinski definition) is 0. The number of fused-ring (bicyclic) bond motifs is 5. The molecule has 2 aliphatic heterocycles. The summed E-state index contributed by atoms with van der Waals surface area (Å²) >= 11 is 6.45. The average molecular weight is 554 g/mol. The van der Waals surface area contributed by atoms with Gasteiger partial charge in [0.15, 0.2) is 0 Å². The fraction of sp³-hybridized carbons (Fsp3) is 0.265. The zero-order chi connectivity index (χ0) is 27.5. The van der Waals surface area contributed by atoms with Crippen molar-refractivity contribution in [2.45, 2.75) is 24.8 Å². The van der Waals surface area contributed by atoms with Crippen LogP contribution in [-0.4, -0.2) is 48.9 Å². The maximum absolute atomic E-state index is 13.5. The molecule has 6 heteroatoms. The lowest BCUT2D eigenvalue weighted by molar-refractivity contribution is -0.915. The maximum atomic E-state index is 13.5. The first kappa shape index (κ1) is 26.4. The third-order valence-electron chi connectivity index (χ3n) is 8.16. The molecule has 3 atom stereocenters. The lowest BCUT2D eigenvalue weighted by atomic mass is 9.84. The van der Waals surface area contributed by atoms with E-state index in [1.807, 2.05) is 83.8 Å². The van der Waals surface area contributed by atoms with E-state index in [1.54, 1.807) is 0 Å². The Bertz CT molecular complexity index is 1480. The van der Waals surface area contributed by atoms with Gasteiger partial charge in [-0.2, -0.15) is 0 Å². The van der Waals surface area contributed by atoms with Crippen molar-refractivity contribution >= 4 is 17.7 Å². The summed E-state index contributed by atoms with van der Waals surface area (Å²) < 4.78 is 13.1. The minimum atomic E-state index is -0.279. The van der Waals surface area contributed by atoms with Crippen LogP contribution in [0.2, 0.25) is 5.02 Å². The van der Waals surface area contributed by atoms with Crippen LogP contribution in [0.25, 0.3) is 0 Å². The van der Waals surface area contributed by atoms with Gasteiger partial charge < -0.3 is 14.4 Å². The molecule has 0 aliphatic carbocycles. The summed E-state index contributed by atoms with van der Waals surface area (Å²) in [5, 5.41) is 0.703. The predicted octanol–water partition coefficient (Wildman–Crippen LogP) is 7.61. The van der Waals surface area contributed by atoms with Crippen LogP contribution in [0.1, 0.15) is 34.1 Å². The number of ether oxygens (including phenoxy) is 2. The van der Waals surface area contributed by atoms with E-state index in [0.29, 0.717) is 29.3 Å². The van der Waals surface area contributed by atoms with Crippen LogP contribution in [-0.2, 0) is 17.7 Å². The first-order valence-electron chi connectivity index (χ1n) is 13.9. The third kappa shape index (κ3) is 5.72. The summed E-state index contributed by atoms with van der Waals surface area (Å²) in [6.45, 7) is 3.07. The number of carbonyl (C=O) groups excluding carboxylic acids is 1. The number of carbonyl (C=O) groups is 1. The minimum Gasteiger partial charge on any atom is -0.457 e. The molecule has 1 amide bonds. The van der Waals surface area contributed by atoms with Crippen LogP contribution in [0.15, 0.2) is 103 Å². The lowest BCUT2D eigenvalue weighted by Crippen LogP contribution is -2.46. The molecule has 0 spiro atoms. The predicted molar refractivity (Wildman–Crippen MR) is 158 cm³/mol. The van der Waals surface area contributed by atoms with Gasteiger partial charge in [0.25, 0.3) is 0 Å². The summed E-state index contributed by atoms with van der Waals surface area (Å²) in [5.41, 5.74) is 4.60. The molecule has 0 radical (unpaired) electrons. The van der Waals surface area contributed by atoms with E-state index in [2.05, 4.69) is 31.3 Å². The molecule has 204 valence electrons. The molecule has 2 aliphatic rings. The topological polar surface area (TPSA) is 38.8 Å². The zero-order valence-corrected chi connectivity index (χ0v) is 23.5. The number of likely N-dealkylation sites (N-methyl/N-ethyl adjacent to an activating group) is 1. The van der Waals surface area contributed by atoms with Crippen LogP contribution < -0.4 is 4.74 Å². The van der Waals surface area contributed by atoms with E-state index in [4.69, 9.17) is 21.1 Å². The molecule has 4 aromatic rings. The van der Waals surface area contributed by atoms with Gasteiger partial charge in [-0.05, 0) is 41.8 Å². The molecule has 40 heavy (non-hydrogen) atoms. The molecule has 6 rings (SSSR count). The van der Waals surface area contributed by atoms with Gasteiger partial charge in [0.2, 0.25) is 6.73 Å². The van der Waals surface area contributed by atoms with Crippen molar-refractivity contribution in [3.63, 3.8) is 0 Å². The molecular formula is C34H34ClN2O3+. The smallest absolute Gasteiger partial charge is 0.414 e. The van der Waals surface area contributed by atoms with Gasteiger partial charge in [-0.25, -0.2) is 4.79 Å². The average Bonchev–Trinajstić information content (AvgIpc) is 3.28. The van der Waals surface area contributed by atoms with Gasteiger partial charge in [-0.1, -0.05) is 90.5 Å². The highest BCUT2D eigenvalue weighted by Gasteiger charge is 2.48. The minimum absolute atomic E-state index is 0.208. The Morgan fingerprint density at radius 3 is 2.23 bits per heavy atom. The van der Waals surface area contributed by atoms with Crippen LogP contribution in [0, 0.1) is 0 Å². The number of halogens is 1. The fourth-order valence-electron chi connectivity index (χ4n) is 6.16. The molecule has 1 fully saturated rings. The number of benzene rings is 4. The van der Waals surface area contributed by atoms with Gasteiger partial charge in [-0.3, -0.25) is 4.48 Å². The van der Waals surface area contributed by atoms with Crippen molar-refractivity contribution in [1.29, 1.82) is 0 Å². The van der Waals surface area contributed by atoms with E-state index in [0.717, 1.165) is 42.1 Å². The molecule has 0 N–H and O–H groups in total. The second-order valence-corrected chi connectivity index (χ2v) is 11.6. The molecule has 4 aromatic carbocycles. The number of rotatable bonds is 7. The van der Waals surface area contributed by atoms with Gasteiger partial charge in [0.1, 0.15) is 11.5 Å². The van der Waals surface area contributed by atoms with Crippen molar-refractivity contribution in [1.82, 2.24) is 4.90 Å². The second kappa shape index (κ2) is 11.4. The van der Waals surface area contributed by atoms with Gasteiger partial charge >= 0.3 is 6.09 Å². The van der Waals surface area contributed by atoms with Crippen LogP contribution in [0.5, 0.6) is 11.5 Å². The Kier molecular flexibility index (Phi) is 7.50. The fourth-order valence-corrected chi connectivity index (χ4v) is 6.34. The molecule has 5 nitrogen and oxygen atoms in total. The highest BCUT2D eigenvalue weighted by Crippen LogP contribution is 2.51. The number of para-hydroxylation sites is 1. The molecular weight excluding hydrogens is 520 g/mol. The molecule has 0 bridgehead atoms. The van der Waals surface area contributed by atoms with Gasteiger partial charge in [-0.15, -0.1) is 0 Å². The summed E-state index contributed by atoms with van der Waals surface area (Å²) in [4.78, 5) is 15.4. The second-order valence-electron chi connectivity index (χ2n) is 11.2. The van der Waals surface area contributed by atoms with E-state index in [1.165, 1.54) is 11.1 Å². The standard InChI is InChI=1S/C34H34ClN2O3/c1-37(22-30-28-14-8-9-15-32(28)40-33-17-16-27(35)20-29(33)31(30)23-37)24-39-34(38)36(21-26-12-6-3-7-13-26)19-18-25-10-4-2-5-11-25/h2-17,20,30-31H,18-19,21-24H2,1H3/q+1. The number of amides is 1. The van der Waals surface area contributed by atoms with E-state index in [9.17, 15) is 4.79 Å². The third-order valence-corrected chi connectivity index (χ3v) is 8.39. The van der Waals surface area contributed by atoms with Crippen LogP contribution >= 0.6 is 11.6 Å². The van der Waals surface area contributed by atoms with E-state index < -0.39 is 0 Å². The van der Waals surface area contributed by atoms with Crippen molar-refractivity contribution in [3.05, 3.63) is 130 Å². The largest absolute Gasteiger partial charge is 0.457 e. The Hall–Kier alpha value is -3.80. The summed E-state index contributed by atoms with van der Waals surface area (Å²) in [6.07, 6.45) is 0.492. The molecule has 0 saturated carbocycles. The quantitative estimate of drug-likeness (QED) is 0.221. The zero-order valence-electron chi connectivity index (χ0n) is 22.7. The number of likely N-dealkylation sites (tertiary alicyclic amines) is 1. The SMILES string of the molecule is C[N+]1(COC(=O)N(CCc2ccccc2)Cc2ccccc2)CC2c3ccccc3Oc3ccc(Cl)cc3C2C1. The van der Waals surface area contributed by atoms with Crippen molar-refractivity contribution in [2.75, 3.05) is 33.4 Å². The molecule has 0 aromatic heterocycles. The monoisotopic (exact) mass is 553 g/mol. The number of quaternary nitrogens is 1. The molecule has 3 unspecified atom stereocenters. The van der Waals surface area contributed by atoms with Crippen LogP contribution in [0.4, 0.5) is 4.79 Å². The maximum Gasteiger partial charge on any atom is 0.414 e. The summed E-state index contributed by atoms with van der Waals surface area (Å²) in [6, 6.07) is 34.5. The van der Waals surface area contributed by atoms with Crippen molar-refractivity contribution in [2.24, 2.45) is 0 Å². The van der Waals surface area contributed by atoms with E-state index >= 15 is 0 Å². The number of hydrogen-bond acceptors (Lipinski definition) is 3. The van der Waals surface area contributed by atoms with Crippen molar-refractivity contribution in [3.8, 4) is 11.5 Å². The van der Waals surface area contributed by atoms with Gasteiger partial charge in [0, 0.05) is 41.1 Å². The number of nitrogens with zero attached hydrogens (tertiary/aromatic N) is 2. The van der Waals surface area contributed by atoms with Crippen LogP contribution in [0.3, 0.4) is 0 Å². The Labute approximate surface area is 241 Å². The summed E-state index contributed by atoms with van der Waals surface area (Å²) in [5.74, 6) is 2.18. The summed E-state index contributed by atoms with van der Waals surface area (Å²) in [7, 11) is 2.18. The Morgan fingerprint density at radius 1 is 0.850 bits per heavy atom. The van der Waals surface area contributed by atoms with E-state index in [-0.39, 0.29) is 17.9 Å².